The molecule has 1 aliphatic heterocycles. The van der Waals surface area contributed by atoms with E-state index in [1.807, 2.05) is 29.3 Å². The number of nitrogens with zero attached hydrogens (tertiary/aromatic N) is 2. The molecule has 1 aliphatic rings. The van der Waals surface area contributed by atoms with Crippen molar-refractivity contribution in [2.75, 3.05) is 25.1 Å². The van der Waals surface area contributed by atoms with E-state index in [0.717, 1.165) is 35.0 Å². The van der Waals surface area contributed by atoms with Gasteiger partial charge in [-0.2, -0.15) is 18.2 Å². The number of anilines is 1. The van der Waals surface area contributed by atoms with Gasteiger partial charge in [0.25, 0.3) is 5.69 Å². The Morgan fingerprint density at radius 3 is 2.62 bits per heavy atom. The fraction of sp³-hybridized carbons (Fsp3) is 0.421. The molecular weight excluding hydrogens is 410 g/mol. The van der Waals surface area contributed by atoms with Crippen LogP contribution in [-0.2, 0) is 9.53 Å². The van der Waals surface area contributed by atoms with Gasteiger partial charge in [-0.1, -0.05) is 17.3 Å². The predicted octanol–water partition coefficient (Wildman–Crippen LogP) is 3.33. The first-order valence-corrected chi connectivity index (χ1v) is 9.56. The highest BCUT2D eigenvalue weighted by atomic mass is 32.1. The summed E-state index contributed by atoms with van der Waals surface area (Å²) in [6.45, 7) is 3.34. The summed E-state index contributed by atoms with van der Waals surface area (Å²) in [5, 5.41) is 3.14. The van der Waals surface area contributed by atoms with Crippen LogP contribution < -0.4 is 9.88 Å². The molecule has 10 heteroatoms. The molecule has 5 nitrogen and oxygen atoms in total. The number of piperidine rings is 1. The molecule has 1 N–H and O–H groups in total. The number of H-pyrrole nitrogens is 1. The van der Waals surface area contributed by atoms with E-state index in [0.29, 0.717) is 20.1 Å². The van der Waals surface area contributed by atoms with Gasteiger partial charge in [0.1, 0.15) is 12.0 Å². The highest BCUT2D eigenvalue weighted by molar-refractivity contribution is 7.09. The minimum atomic E-state index is -4.85. The van der Waals surface area contributed by atoms with E-state index in [-0.39, 0.29) is 0 Å². The quantitative estimate of drug-likeness (QED) is 0.396. The Labute approximate surface area is 169 Å². The third kappa shape index (κ3) is 7.34. The third-order valence-electron chi connectivity index (χ3n) is 3.86. The zero-order valence-corrected chi connectivity index (χ0v) is 16.7. The number of nitrogens with one attached hydrogen (secondary N) is 1. The van der Waals surface area contributed by atoms with Gasteiger partial charge < -0.3 is 9.64 Å². The van der Waals surface area contributed by atoms with Crippen molar-refractivity contribution < 1.29 is 32.1 Å². The van der Waals surface area contributed by atoms with Crippen molar-refractivity contribution in [3.8, 4) is 11.8 Å². The number of thiazole rings is 1. The smallest absolute Gasteiger partial charge is 0.462 e. The van der Waals surface area contributed by atoms with Crippen LogP contribution in [0.1, 0.15) is 29.1 Å². The highest BCUT2D eigenvalue weighted by Gasteiger charge is 2.40. The van der Waals surface area contributed by atoms with Crippen LogP contribution in [0.4, 0.5) is 23.4 Å². The molecule has 1 saturated heterocycles. The molecule has 0 spiro atoms. The minimum absolute atomic E-state index is 0.446. The first kappa shape index (κ1) is 22.6. The number of aromatic amines is 1. The number of aromatic nitrogens is 2. The van der Waals surface area contributed by atoms with E-state index >= 15 is 0 Å². The molecular formula is C19H20F4N3O2S+. The number of hydrogen-bond acceptors (Lipinski definition) is 5. The standard InChI is InChI=1S/C16H16FN3S.C3H3F3O2/c1-12-19-15(11-21-12)6-4-13-5-7-16(18-9-13)20-8-2-3-14(17)10-20;1-8-2(7)3(4,5)6/h5,7,9,11,14H,2-3,8,10H2,1H3;1H3/p+1. The number of rotatable bonds is 1. The van der Waals surface area contributed by atoms with Crippen molar-refractivity contribution in [2.24, 2.45) is 0 Å². The Morgan fingerprint density at radius 1 is 1.38 bits per heavy atom. The molecule has 2 aromatic heterocycles. The zero-order chi connectivity index (χ0) is 21.4. The van der Waals surface area contributed by atoms with Crippen LogP contribution in [0.25, 0.3) is 0 Å². The van der Waals surface area contributed by atoms with Gasteiger partial charge in [0, 0.05) is 31.1 Å². The predicted molar refractivity (Wildman–Crippen MR) is 100 cm³/mol. The number of ether oxygens (including phenoxy) is 1. The van der Waals surface area contributed by atoms with Crippen LogP contribution in [-0.4, -0.2) is 43.5 Å². The van der Waals surface area contributed by atoms with Crippen LogP contribution >= 0.6 is 11.3 Å². The van der Waals surface area contributed by atoms with E-state index in [4.69, 9.17) is 0 Å². The van der Waals surface area contributed by atoms with Gasteiger partial charge in [-0.3, -0.25) is 0 Å². The average molecular weight is 430 g/mol. The van der Waals surface area contributed by atoms with E-state index in [1.54, 1.807) is 17.5 Å². The van der Waals surface area contributed by atoms with Gasteiger partial charge in [-0.15, -0.1) is 0 Å². The van der Waals surface area contributed by atoms with Gasteiger partial charge in [-0.25, -0.2) is 14.2 Å². The first-order valence-electron chi connectivity index (χ1n) is 8.68. The largest absolute Gasteiger partial charge is 0.490 e. The molecule has 2 aromatic rings. The second-order valence-corrected chi connectivity index (χ2v) is 7.24. The Balaban J connectivity index is 0.000000321. The van der Waals surface area contributed by atoms with Gasteiger partial charge in [0.05, 0.1) is 19.0 Å². The topological polar surface area (TPSA) is 56.6 Å². The first-order chi connectivity index (χ1) is 13.7. The number of alkyl halides is 4. The molecule has 1 unspecified atom stereocenters. The lowest BCUT2D eigenvalue weighted by Gasteiger charge is -2.29. The normalized spacial score (nSPS) is 16.2. The third-order valence-corrected chi connectivity index (χ3v) is 4.67. The van der Waals surface area contributed by atoms with Gasteiger partial charge in [0.2, 0.25) is 5.01 Å². The second-order valence-electron chi connectivity index (χ2n) is 6.16. The molecule has 29 heavy (non-hydrogen) atoms. The number of esters is 1. The van der Waals surface area contributed by atoms with Gasteiger partial charge in [0.15, 0.2) is 0 Å². The van der Waals surface area contributed by atoms with Crippen LogP contribution in [0.2, 0.25) is 0 Å². The number of halogens is 4. The van der Waals surface area contributed by atoms with E-state index in [9.17, 15) is 22.4 Å². The maximum Gasteiger partial charge on any atom is 0.490 e. The minimum Gasteiger partial charge on any atom is -0.462 e. The summed E-state index contributed by atoms with van der Waals surface area (Å²) in [4.78, 5) is 19.1. The van der Waals surface area contributed by atoms with E-state index < -0.39 is 18.3 Å². The summed E-state index contributed by atoms with van der Waals surface area (Å²) >= 11 is 1.65. The Bertz CT molecular complexity index is 872. The molecule has 3 rings (SSSR count). The maximum atomic E-state index is 13.4. The SMILES string of the molecule is COC(=O)C(F)(F)F.Cc1[nH+]c(C#Cc2ccc(N3CCCC(F)C3)nc2)cs1. The van der Waals surface area contributed by atoms with Gasteiger partial charge >= 0.3 is 12.1 Å². The molecule has 0 aromatic carbocycles. The van der Waals surface area contributed by atoms with Crippen molar-refractivity contribution in [3.63, 3.8) is 0 Å². The second kappa shape index (κ2) is 10.2. The van der Waals surface area contributed by atoms with Crippen molar-refractivity contribution in [1.29, 1.82) is 0 Å². The van der Waals surface area contributed by atoms with Gasteiger partial charge in [-0.05, 0) is 25.0 Å². The van der Waals surface area contributed by atoms with Crippen LogP contribution in [0.15, 0.2) is 23.7 Å². The summed E-state index contributed by atoms with van der Waals surface area (Å²) < 4.78 is 49.7. The number of carbonyl (C=O) groups is 1. The summed E-state index contributed by atoms with van der Waals surface area (Å²) in [6, 6.07) is 3.86. The number of pyridine rings is 1. The summed E-state index contributed by atoms with van der Waals surface area (Å²) in [5.41, 5.74) is 1.78. The van der Waals surface area contributed by atoms with Crippen LogP contribution in [0.3, 0.4) is 0 Å². The number of methoxy groups -OCH3 is 1. The number of aryl methyl sites for hydroxylation is 1. The molecule has 0 aliphatic carbocycles. The molecule has 156 valence electrons. The lowest BCUT2D eigenvalue weighted by atomic mass is 10.1. The van der Waals surface area contributed by atoms with Crippen molar-refractivity contribution >= 4 is 23.1 Å². The lowest BCUT2D eigenvalue weighted by Crippen LogP contribution is -2.36. The maximum absolute atomic E-state index is 13.4. The van der Waals surface area contributed by atoms with Crippen molar-refractivity contribution in [1.82, 2.24) is 4.98 Å². The van der Waals surface area contributed by atoms with Crippen LogP contribution in [0.5, 0.6) is 0 Å². The summed E-state index contributed by atoms with van der Waals surface area (Å²) in [6.07, 6.45) is -2.29. The number of carbonyl (C=O) groups excluding carboxylic acids is 1. The average Bonchev–Trinajstić information content (AvgIpc) is 3.11. The Hall–Kier alpha value is -2.67. The van der Waals surface area contributed by atoms with Crippen LogP contribution in [0, 0.1) is 18.8 Å². The summed E-state index contributed by atoms with van der Waals surface area (Å²) in [5.74, 6) is 4.83. The number of hydrogen-bond donors (Lipinski definition) is 0. The lowest BCUT2D eigenvalue weighted by molar-refractivity contribution is -0.383. The molecule has 0 amide bonds. The molecule has 0 saturated carbocycles. The molecule has 0 bridgehead atoms. The van der Waals surface area contributed by atoms with E-state index in [2.05, 4.69) is 26.5 Å². The molecule has 3 heterocycles. The highest BCUT2D eigenvalue weighted by Crippen LogP contribution is 2.19. The molecule has 0 radical (unpaired) electrons. The Kier molecular flexibility index (Phi) is 7.96. The molecule has 1 atom stereocenters. The monoisotopic (exact) mass is 430 g/mol. The van der Waals surface area contributed by atoms with Crippen molar-refractivity contribution in [2.45, 2.75) is 32.1 Å². The van der Waals surface area contributed by atoms with E-state index in [1.165, 1.54) is 0 Å². The Morgan fingerprint density at radius 2 is 2.14 bits per heavy atom. The zero-order valence-electron chi connectivity index (χ0n) is 15.8. The fourth-order valence-corrected chi connectivity index (χ4v) is 3.07. The summed E-state index contributed by atoms with van der Waals surface area (Å²) in [7, 11) is 0.676. The van der Waals surface area contributed by atoms with Crippen molar-refractivity contribution in [3.05, 3.63) is 40.0 Å². The molecule has 1 fully saturated rings. The fourth-order valence-electron chi connectivity index (χ4n) is 2.49.